The second-order valence-corrected chi connectivity index (χ2v) is 6.35. The summed E-state index contributed by atoms with van der Waals surface area (Å²) in [5, 5.41) is 5.59. The monoisotopic (exact) mass is 396 g/mol. The van der Waals surface area contributed by atoms with Crippen molar-refractivity contribution in [1.82, 2.24) is 4.98 Å². The number of hydrogen-bond donors (Lipinski definition) is 2. The van der Waals surface area contributed by atoms with Gasteiger partial charge in [0.1, 0.15) is 17.5 Å². The number of carbonyl (C=O) groups is 1. The average molecular weight is 396 g/mol. The summed E-state index contributed by atoms with van der Waals surface area (Å²) in [6.07, 6.45) is 1.49. The summed E-state index contributed by atoms with van der Waals surface area (Å²) in [4.78, 5) is 18.9. The van der Waals surface area contributed by atoms with Gasteiger partial charge in [0.25, 0.3) is 5.91 Å². The summed E-state index contributed by atoms with van der Waals surface area (Å²) in [6, 6.07) is 14.0. The molecule has 0 aliphatic rings. The number of anilines is 4. The van der Waals surface area contributed by atoms with Gasteiger partial charge in [-0.3, -0.25) is 4.79 Å². The molecule has 3 aromatic rings. The topological polar surface area (TPSA) is 57.3 Å². The van der Waals surface area contributed by atoms with E-state index in [2.05, 4.69) is 34.4 Å². The minimum absolute atomic E-state index is 0.0882. The van der Waals surface area contributed by atoms with Crippen molar-refractivity contribution in [2.75, 3.05) is 28.6 Å². The fraction of sp³-hybridized carbons (Fsp3) is 0.182. The molecule has 0 bridgehead atoms. The van der Waals surface area contributed by atoms with Crippen LogP contribution < -0.4 is 15.5 Å². The quantitative estimate of drug-likeness (QED) is 0.576. The second kappa shape index (κ2) is 9.14. The summed E-state index contributed by atoms with van der Waals surface area (Å²) in [5.41, 5.74) is 2.17. The summed E-state index contributed by atoms with van der Waals surface area (Å²) >= 11 is 0. The van der Waals surface area contributed by atoms with Crippen molar-refractivity contribution in [2.24, 2.45) is 0 Å². The van der Waals surface area contributed by atoms with E-state index in [1.807, 2.05) is 24.3 Å². The van der Waals surface area contributed by atoms with Crippen molar-refractivity contribution < 1.29 is 13.6 Å². The van der Waals surface area contributed by atoms with Crippen LogP contribution in [0.1, 0.15) is 24.2 Å². The number of halogens is 2. The van der Waals surface area contributed by atoms with Gasteiger partial charge in [0.2, 0.25) is 0 Å². The van der Waals surface area contributed by atoms with Crippen LogP contribution in [0.15, 0.2) is 60.8 Å². The van der Waals surface area contributed by atoms with E-state index in [4.69, 9.17) is 0 Å². The van der Waals surface area contributed by atoms with E-state index >= 15 is 0 Å². The molecule has 3 rings (SSSR count). The van der Waals surface area contributed by atoms with Crippen molar-refractivity contribution in [3.05, 3.63) is 78.0 Å². The number of carbonyl (C=O) groups excluding carboxylic acids is 1. The molecule has 0 spiro atoms. The van der Waals surface area contributed by atoms with Crippen molar-refractivity contribution in [3.63, 3.8) is 0 Å². The second-order valence-electron chi connectivity index (χ2n) is 6.35. The van der Waals surface area contributed by atoms with Gasteiger partial charge in [0, 0.05) is 42.3 Å². The highest BCUT2D eigenvalue weighted by Crippen LogP contribution is 2.21. The molecule has 0 unspecified atom stereocenters. The summed E-state index contributed by atoms with van der Waals surface area (Å²) in [6.45, 7) is 6.06. The van der Waals surface area contributed by atoms with Crippen LogP contribution in [-0.2, 0) is 0 Å². The van der Waals surface area contributed by atoms with E-state index in [0.717, 1.165) is 36.6 Å². The number of nitrogens with zero attached hydrogens (tertiary/aromatic N) is 2. The van der Waals surface area contributed by atoms with Crippen molar-refractivity contribution in [1.29, 1.82) is 0 Å². The normalized spacial score (nSPS) is 10.5. The highest BCUT2D eigenvalue weighted by atomic mass is 19.1. The predicted octanol–water partition coefficient (Wildman–Crippen LogP) is 5.20. The average Bonchev–Trinajstić information content (AvgIpc) is 2.72. The molecule has 2 aromatic carbocycles. The van der Waals surface area contributed by atoms with Crippen LogP contribution >= 0.6 is 0 Å². The Morgan fingerprint density at radius 2 is 1.72 bits per heavy atom. The van der Waals surface area contributed by atoms with Crippen molar-refractivity contribution in [3.8, 4) is 0 Å². The zero-order valence-electron chi connectivity index (χ0n) is 16.2. The molecular formula is C22H22F2N4O. The third-order valence-corrected chi connectivity index (χ3v) is 4.47. The van der Waals surface area contributed by atoms with E-state index in [1.165, 1.54) is 18.3 Å². The van der Waals surface area contributed by atoms with Gasteiger partial charge in [-0.1, -0.05) is 0 Å². The SMILES string of the molecule is CCN(CC)c1ccc(Nc2cc(C(=O)Nc3ccc(F)cc3F)ccn2)cc1. The standard InChI is InChI=1S/C22H22F2N4O/c1-3-28(4-2)18-8-6-17(7-9-18)26-21-13-15(11-12-25-21)22(29)27-20-10-5-16(23)14-19(20)24/h5-14H,3-4H2,1-2H3,(H,25,26)(H,27,29). The van der Waals surface area contributed by atoms with Crippen molar-refractivity contribution >= 4 is 28.8 Å². The predicted molar refractivity (Wildman–Crippen MR) is 112 cm³/mol. The molecule has 0 fully saturated rings. The zero-order chi connectivity index (χ0) is 20.8. The molecule has 29 heavy (non-hydrogen) atoms. The molecular weight excluding hydrogens is 374 g/mol. The summed E-state index contributed by atoms with van der Waals surface area (Å²) in [5.74, 6) is -1.58. The molecule has 0 radical (unpaired) electrons. The molecule has 0 saturated heterocycles. The number of rotatable bonds is 7. The van der Waals surface area contributed by atoms with Gasteiger partial charge < -0.3 is 15.5 Å². The molecule has 0 atom stereocenters. The van der Waals surface area contributed by atoms with Gasteiger partial charge in [0.15, 0.2) is 0 Å². The smallest absolute Gasteiger partial charge is 0.255 e. The third-order valence-electron chi connectivity index (χ3n) is 4.47. The lowest BCUT2D eigenvalue weighted by Crippen LogP contribution is -2.21. The largest absolute Gasteiger partial charge is 0.372 e. The lowest BCUT2D eigenvalue weighted by molar-refractivity contribution is 0.102. The Morgan fingerprint density at radius 3 is 2.38 bits per heavy atom. The molecule has 1 heterocycles. The molecule has 7 heteroatoms. The maximum Gasteiger partial charge on any atom is 0.255 e. The van der Waals surface area contributed by atoms with Gasteiger partial charge >= 0.3 is 0 Å². The van der Waals surface area contributed by atoms with Crippen LogP contribution in [0.2, 0.25) is 0 Å². The molecule has 0 aliphatic heterocycles. The number of hydrogen-bond acceptors (Lipinski definition) is 4. The van der Waals surface area contributed by atoms with E-state index in [1.54, 1.807) is 6.07 Å². The molecule has 150 valence electrons. The van der Waals surface area contributed by atoms with Crippen LogP contribution in [0, 0.1) is 11.6 Å². The van der Waals surface area contributed by atoms with E-state index < -0.39 is 17.5 Å². The minimum Gasteiger partial charge on any atom is -0.372 e. The number of amides is 1. The molecule has 5 nitrogen and oxygen atoms in total. The molecule has 0 aliphatic carbocycles. The van der Waals surface area contributed by atoms with E-state index in [0.29, 0.717) is 11.4 Å². The molecule has 1 aromatic heterocycles. The Balaban J connectivity index is 1.71. The number of nitrogens with one attached hydrogen (secondary N) is 2. The maximum absolute atomic E-state index is 13.8. The fourth-order valence-electron chi connectivity index (χ4n) is 2.92. The van der Waals surface area contributed by atoms with E-state index in [9.17, 15) is 13.6 Å². The first-order valence-corrected chi connectivity index (χ1v) is 9.34. The Hall–Kier alpha value is -3.48. The van der Waals surface area contributed by atoms with Gasteiger partial charge in [-0.05, 0) is 62.4 Å². The maximum atomic E-state index is 13.8. The first-order chi connectivity index (χ1) is 14.0. The number of pyridine rings is 1. The highest BCUT2D eigenvalue weighted by molar-refractivity contribution is 6.04. The van der Waals surface area contributed by atoms with Crippen molar-refractivity contribution in [2.45, 2.75) is 13.8 Å². The molecule has 0 saturated carbocycles. The fourth-order valence-corrected chi connectivity index (χ4v) is 2.92. The Labute approximate surface area is 168 Å². The van der Waals surface area contributed by atoms with Gasteiger partial charge in [-0.25, -0.2) is 13.8 Å². The Kier molecular flexibility index (Phi) is 6.39. The van der Waals surface area contributed by atoms with Crippen LogP contribution in [0.4, 0.5) is 31.7 Å². The van der Waals surface area contributed by atoms with Gasteiger partial charge in [0.05, 0.1) is 5.69 Å². The first kappa shape index (κ1) is 20.3. The lowest BCUT2D eigenvalue weighted by atomic mass is 10.2. The zero-order valence-corrected chi connectivity index (χ0v) is 16.2. The Morgan fingerprint density at radius 1 is 1.00 bits per heavy atom. The summed E-state index contributed by atoms with van der Waals surface area (Å²) in [7, 11) is 0. The van der Waals surface area contributed by atoms with Crippen LogP contribution in [0.3, 0.4) is 0 Å². The highest BCUT2D eigenvalue weighted by Gasteiger charge is 2.11. The lowest BCUT2D eigenvalue weighted by Gasteiger charge is -2.21. The first-order valence-electron chi connectivity index (χ1n) is 9.34. The van der Waals surface area contributed by atoms with E-state index in [-0.39, 0.29) is 5.69 Å². The Bertz CT molecular complexity index is 988. The third kappa shape index (κ3) is 5.07. The molecule has 2 N–H and O–H groups in total. The minimum atomic E-state index is -0.834. The molecule has 1 amide bonds. The van der Waals surface area contributed by atoms with Gasteiger partial charge in [-0.2, -0.15) is 0 Å². The number of benzene rings is 2. The summed E-state index contributed by atoms with van der Waals surface area (Å²) < 4.78 is 26.8. The van der Waals surface area contributed by atoms with Crippen LogP contribution in [-0.4, -0.2) is 24.0 Å². The van der Waals surface area contributed by atoms with Crippen LogP contribution in [0.25, 0.3) is 0 Å². The van der Waals surface area contributed by atoms with Crippen LogP contribution in [0.5, 0.6) is 0 Å². The number of aromatic nitrogens is 1. The van der Waals surface area contributed by atoms with Gasteiger partial charge in [-0.15, -0.1) is 0 Å².